The third-order valence-corrected chi connectivity index (χ3v) is 3.32. The van der Waals surface area contributed by atoms with Crippen LogP contribution < -0.4 is 0 Å². The van der Waals surface area contributed by atoms with Crippen molar-refractivity contribution in [3.8, 4) is 0 Å². The van der Waals surface area contributed by atoms with Crippen molar-refractivity contribution in [2.45, 2.75) is 6.92 Å². The smallest absolute Gasteiger partial charge is 0.361 e. The van der Waals surface area contributed by atoms with Gasteiger partial charge in [-0.05, 0) is 19.1 Å². The lowest BCUT2D eigenvalue weighted by Gasteiger charge is -2.03. The van der Waals surface area contributed by atoms with Gasteiger partial charge in [-0.2, -0.15) is 0 Å². The molecule has 0 radical (unpaired) electrons. The van der Waals surface area contributed by atoms with E-state index in [1.165, 1.54) is 17.4 Å². The highest BCUT2D eigenvalue weighted by atomic mass is 32.1. The Balaban J connectivity index is 2.57. The molecule has 2 rings (SSSR count). The Morgan fingerprint density at radius 1 is 1.56 bits per heavy atom. The van der Waals surface area contributed by atoms with Gasteiger partial charge >= 0.3 is 5.97 Å². The van der Waals surface area contributed by atoms with Gasteiger partial charge in [0.15, 0.2) is 5.71 Å². The first-order valence-electron chi connectivity index (χ1n) is 5.24. The Hall–Kier alpha value is -1.95. The Morgan fingerprint density at radius 2 is 2.33 bits per heavy atom. The van der Waals surface area contributed by atoms with Gasteiger partial charge in [-0.3, -0.25) is 0 Å². The molecular formula is C12H10FNO3S. The fraction of sp³-hybridized carbons (Fsp3) is 0.167. The van der Waals surface area contributed by atoms with E-state index < -0.39 is 11.8 Å². The largest absolute Gasteiger partial charge is 0.461 e. The van der Waals surface area contributed by atoms with Gasteiger partial charge in [0.25, 0.3) is 0 Å². The molecule has 0 aliphatic heterocycles. The van der Waals surface area contributed by atoms with Crippen LogP contribution in [0.2, 0.25) is 0 Å². The van der Waals surface area contributed by atoms with Gasteiger partial charge in [0.2, 0.25) is 0 Å². The summed E-state index contributed by atoms with van der Waals surface area (Å²) in [5, 5.41) is 13.7. The number of ether oxygens (including phenoxy) is 1. The summed E-state index contributed by atoms with van der Waals surface area (Å²) in [5.41, 5.74) is -0.0396. The Kier molecular flexibility index (Phi) is 3.57. The molecule has 1 heterocycles. The summed E-state index contributed by atoms with van der Waals surface area (Å²) in [6.45, 7) is 1.79. The summed E-state index contributed by atoms with van der Waals surface area (Å²) < 4.78 is 19.2. The fourth-order valence-corrected chi connectivity index (χ4v) is 2.58. The van der Waals surface area contributed by atoms with Crippen LogP contribution >= 0.6 is 11.3 Å². The average Bonchev–Trinajstić information content (AvgIpc) is 2.76. The van der Waals surface area contributed by atoms with Crippen LogP contribution in [0.25, 0.3) is 10.1 Å². The SMILES string of the molecule is CCOC(=O)/C(=N\O)c1csc2cccc(F)c12. The number of rotatable bonds is 3. The van der Waals surface area contributed by atoms with Crippen LogP contribution in [0.15, 0.2) is 28.7 Å². The number of carbonyl (C=O) groups is 1. The molecule has 0 amide bonds. The van der Waals surface area contributed by atoms with Crippen LogP contribution in [0.4, 0.5) is 4.39 Å². The van der Waals surface area contributed by atoms with Crippen LogP contribution in [0.1, 0.15) is 12.5 Å². The van der Waals surface area contributed by atoms with E-state index in [0.717, 1.165) is 0 Å². The van der Waals surface area contributed by atoms with E-state index in [2.05, 4.69) is 5.16 Å². The zero-order valence-corrected chi connectivity index (χ0v) is 10.3. The molecule has 0 spiro atoms. The Morgan fingerprint density at radius 3 is 3.00 bits per heavy atom. The molecule has 1 aromatic carbocycles. The van der Waals surface area contributed by atoms with Crippen molar-refractivity contribution in [2.75, 3.05) is 6.61 Å². The van der Waals surface area contributed by atoms with Crippen LogP contribution in [-0.4, -0.2) is 23.5 Å². The maximum atomic E-state index is 13.7. The third kappa shape index (κ3) is 2.06. The standard InChI is InChI=1S/C12H10FNO3S/c1-2-17-12(15)11(14-16)7-6-18-9-5-3-4-8(13)10(7)9/h3-6,16H,2H2,1H3/b14-11-. The Bertz CT molecular complexity index is 621. The van der Waals surface area contributed by atoms with Crippen LogP contribution in [-0.2, 0) is 9.53 Å². The van der Waals surface area contributed by atoms with Crippen LogP contribution in [0, 0.1) is 5.82 Å². The van der Waals surface area contributed by atoms with Crippen molar-refractivity contribution in [3.63, 3.8) is 0 Å². The summed E-state index contributed by atoms with van der Waals surface area (Å²) in [5.74, 6) is -1.24. The highest BCUT2D eigenvalue weighted by molar-refractivity contribution is 7.17. The van der Waals surface area contributed by atoms with E-state index >= 15 is 0 Å². The topological polar surface area (TPSA) is 58.9 Å². The van der Waals surface area contributed by atoms with Gasteiger partial charge < -0.3 is 9.94 Å². The Labute approximate surface area is 106 Å². The maximum absolute atomic E-state index is 13.7. The zero-order valence-electron chi connectivity index (χ0n) is 9.51. The minimum atomic E-state index is -0.775. The van der Waals surface area contributed by atoms with E-state index in [4.69, 9.17) is 9.94 Å². The van der Waals surface area contributed by atoms with Gasteiger partial charge in [0.1, 0.15) is 5.82 Å². The average molecular weight is 267 g/mol. The number of carbonyl (C=O) groups excluding carboxylic acids is 1. The fourth-order valence-electron chi connectivity index (χ4n) is 1.62. The van der Waals surface area contributed by atoms with Gasteiger partial charge in [-0.1, -0.05) is 11.2 Å². The van der Waals surface area contributed by atoms with Gasteiger partial charge in [0.05, 0.1) is 6.61 Å². The minimum absolute atomic E-state index is 0.155. The summed E-state index contributed by atoms with van der Waals surface area (Å²) in [6, 6.07) is 4.60. The zero-order chi connectivity index (χ0) is 13.1. The number of halogens is 1. The van der Waals surface area contributed by atoms with E-state index in [-0.39, 0.29) is 23.3 Å². The molecule has 1 N–H and O–H groups in total. The van der Waals surface area contributed by atoms with E-state index in [1.54, 1.807) is 24.4 Å². The van der Waals surface area contributed by atoms with Gasteiger partial charge in [0, 0.05) is 21.0 Å². The number of benzene rings is 1. The lowest BCUT2D eigenvalue weighted by molar-refractivity contribution is -0.135. The summed E-state index contributed by atoms with van der Waals surface area (Å²) in [6.07, 6.45) is 0. The molecule has 2 aromatic rings. The molecule has 4 nitrogen and oxygen atoms in total. The second-order valence-corrected chi connectivity index (χ2v) is 4.34. The summed E-state index contributed by atoms with van der Waals surface area (Å²) in [7, 11) is 0. The molecule has 0 fully saturated rings. The number of nitrogens with zero attached hydrogens (tertiary/aromatic N) is 1. The molecule has 0 bridgehead atoms. The quantitative estimate of drug-likeness (QED) is 0.402. The molecule has 0 unspecified atom stereocenters. The first-order chi connectivity index (χ1) is 8.69. The van der Waals surface area contributed by atoms with Crippen molar-refractivity contribution >= 4 is 33.1 Å². The monoisotopic (exact) mass is 267 g/mol. The highest BCUT2D eigenvalue weighted by Crippen LogP contribution is 2.29. The number of hydrogen-bond acceptors (Lipinski definition) is 5. The second-order valence-electron chi connectivity index (χ2n) is 3.43. The van der Waals surface area contributed by atoms with Gasteiger partial charge in [-0.25, -0.2) is 9.18 Å². The predicted molar refractivity (Wildman–Crippen MR) is 66.7 cm³/mol. The molecule has 94 valence electrons. The maximum Gasteiger partial charge on any atom is 0.361 e. The van der Waals surface area contributed by atoms with Crippen LogP contribution in [0.3, 0.4) is 0 Å². The van der Waals surface area contributed by atoms with E-state index in [9.17, 15) is 9.18 Å². The van der Waals surface area contributed by atoms with Crippen molar-refractivity contribution in [3.05, 3.63) is 35.0 Å². The van der Waals surface area contributed by atoms with E-state index in [1.807, 2.05) is 0 Å². The lowest BCUT2D eigenvalue weighted by atomic mass is 10.1. The van der Waals surface area contributed by atoms with E-state index in [0.29, 0.717) is 4.70 Å². The molecule has 1 aromatic heterocycles. The highest BCUT2D eigenvalue weighted by Gasteiger charge is 2.21. The van der Waals surface area contributed by atoms with Crippen molar-refractivity contribution in [1.82, 2.24) is 0 Å². The summed E-state index contributed by atoms with van der Waals surface area (Å²) in [4.78, 5) is 11.6. The molecule has 6 heteroatoms. The summed E-state index contributed by atoms with van der Waals surface area (Å²) >= 11 is 1.27. The molecular weight excluding hydrogens is 257 g/mol. The first-order valence-corrected chi connectivity index (χ1v) is 6.12. The molecule has 0 saturated carbocycles. The number of fused-ring (bicyclic) bond motifs is 1. The second kappa shape index (κ2) is 5.14. The van der Waals surface area contributed by atoms with Crippen molar-refractivity contribution < 1.29 is 19.1 Å². The molecule has 0 saturated heterocycles. The molecule has 0 aliphatic carbocycles. The number of oxime groups is 1. The first kappa shape index (κ1) is 12.5. The third-order valence-electron chi connectivity index (χ3n) is 2.37. The number of hydrogen-bond donors (Lipinski definition) is 1. The molecule has 18 heavy (non-hydrogen) atoms. The normalized spacial score (nSPS) is 11.8. The molecule has 0 atom stereocenters. The lowest BCUT2D eigenvalue weighted by Crippen LogP contribution is -2.18. The number of esters is 1. The molecule has 0 aliphatic rings. The van der Waals surface area contributed by atoms with Gasteiger partial charge in [-0.15, -0.1) is 11.3 Å². The van der Waals surface area contributed by atoms with Crippen LogP contribution in [0.5, 0.6) is 0 Å². The predicted octanol–water partition coefficient (Wildman–Crippen LogP) is 2.78. The number of thiophene rings is 1. The van der Waals surface area contributed by atoms with Crippen molar-refractivity contribution in [2.24, 2.45) is 5.16 Å². The minimum Gasteiger partial charge on any atom is -0.461 e. The van der Waals surface area contributed by atoms with Crippen molar-refractivity contribution in [1.29, 1.82) is 0 Å².